The molecule has 0 radical (unpaired) electrons. The van der Waals surface area contributed by atoms with Gasteiger partial charge in [0.2, 0.25) is 59.1 Å². The highest BCUT2D eigenvalue weighted by molar-refractivity contribution is 6.06. The number of imide groups is 4. The van der Waals surface area contributed by atoms with Crippen molar-refractivity contribution in [2.45, 2.75) is 235 Å². The smallest absolute Gasteiger partial charge is 0.233 e. The van der Waals surface area contributed by atoms with Gasteiger partial charge in [0.05, 0.1) is 46.2 Å². The normalized spacial score (nSPS) is 17.6. The van der Waals surface area contributed by atoms with Gasteiger partial charge in [-0.1, -0.05) is 151 Å². The lowest BCUT2D eigenvalue weighted by Crippen LogP contribution is -2.36. The van der Waals surface area contributed by atoms with Crippen LogP contribution in [0, 0.1) is 82.9 Å². The van der Waals surface area contributed by atoms with Crippen molar-refractivity contribution in [1.82, 2.24) is 30.2 Å². The zero-order chi connectivity index (χ0) is 78.8. The van der Waals surface area contributed by atoms with Gasteiger partial charge in [-0.05, 0) is 55.3 Å². The third-order valence-corrected chi connectivity index (χ3v) is 18.3. The van der Waals surface area contributed by atoms with E-state index in [1.54, 1.807) is 0 Å². The van der Waals surface area contributed by atoms with Gasteiger partial charge in [0.25, 0.3) is 0 Å². The number of hydrogen-bond donors (Lipinski definition) is 2. The number of ketones is 5. The number of Topliss-reactive ketones (excluding diaryl/α,β-unsaturated/α-hetero) is 5. The summed E-state index contributed by atoms with van der Waals surface area (Å²) >= 11 is 0. The summed E-state index contributed by atoms with van der Waals surface area (Å²) in [4.78, 5) is 181. The van der Waals surface area contributed by atoms with Crippen molar-refractivity contribution in [3.05, 3.63) is 0 Å². The minimum Gasteiger partial charge on any atom is -0.377 e. The van der Waals surface area contributed by atoms with E-state index in [1.165, 1.54) is 19.6 Å². The van der Waals surface area contributed by atoms with Crippen LogP contribution in [-0.4, -0.2) is 200 Å². The first-order valence-electron chi connectivity index (χ1n) is 38.0. The first-order chi connectivity index (χ1) is 48.2. The summed E-state index contributed by atoms with van der Waals surface area (Å²) in [6.45, 7) is 42.7. The average Bonchev–Trinajstić information content (AvgIpc) is 1.71. The number of rotatable bonds is 45. The summed E-state index contributed by atoms with van der Waals surface area (Å²) < 4.78 is 21.0. The molecule has 103 heavy (non-hydrogen) atoms. The fourth-order valence-electron chi connectivity index (χ4n) is 10.8. The lowest BCUT2D eigenvalue weighted by atomic mass is 9.94. The van der Waals surface area contributed by atoms with Gasteiger partial charge < -0.3 is 29.6 Å². The number of unbranched alkanes of at least 4 members (excludes halogenated alkanes) is 4. The summed E-state index contributed by atoms with van der Waals surface area (Å²) in [6, 6.07) is 0. The van der Waals surface area contributed by atoms with Gasteiger partial charge in [0.1, 0.15) is 30.6 Å². The molecule has 25 nitrogen and oxygen atoms in total. The van der Waals surface area contributed by atoms with E-state index in [-0.39, 0.29) is 211 Å². The molecule has 0 aliphatic carbocycles. The summed E-state index contributed by atoms with van der Waals surface area (Å²) in [5.74, 6) is 0.323. The van der Waals surface area contributed by atoms with Crippen LogP contribution in [-0.2, 0) is 90.9 Å². The van der Waals surface area contributed by atoms with Crippen LogP contribution in [0.3, 0.4) is 0 Å². The second-order valence-electron chi connectivity index (χ2n) is 30.6. The van der Waals surface area contributed by atoms with Gasteiger partial charge in [0, 0.05) is 144 Å². The fourth-order valence-corrected chi connectivity index (χ4v) is 10.8. The molecule has 0 aromatic heterocycles. The van der Waals surface area contributed by atoms with E-state index in [4.69, 9.17) is 18.9 Å². The molecule has 25 heteroatoms. The number of amides is 10. The van der Waals surface area contributed by atoms with Gasteiger partial charge in [-0.25, -0.2) is 0 Å². The number of likely N-dealkylation sites (tertiary alicyclic amines) is 4. The highest BCUT2D eigenvalue weighted by Gasteiger charge is 2.43. The molecule has 0 aromatic carbocycles. The first-order valence-corrected chi connectivity index (χ1v) is 38.0. The largest absolute Gasteiger partial charge is 0.377 e. The third kappa shape index (κ3) is 39.6. The van der Waals surface area contributed by atoms with E-state index in [2.05, 4.69) is 10.6 Å². The first kappa shape index (κ1) is 96.7. The molecule has 10 amide bonds. The molecule has 4 unspecified atom stereocenters. The molecule has 590 valence electrons. The Morgan fingerprint density at radius 3 is 0.981 bits per heavy atom. The van der Waals surface area contributed by atoms with Crippen LogP contribution in [0.25, 0.3) is 0 Å². The van der Waals surface area contributed by atoms with Crippen LogP contribution in [0.1, 0.15) is 235 Å². The number of ether oxygens (including phenoxy) is 4. The van der Waals surface area contributed by atoms with Gasteiger partial charge >= 0.3 is 0 Å². The van der Waals surface area contributed by atoms with Crippen LogP contribution in [0.5, 0.6) is 0 Å². The fraction of sp³-hybridized carbons (Fsp3) is 0.808. The second-order valence-corrected chi connectivity index (χ2v) is 30.6. The predicted molar refractivity (Wildman–Crippen MR) is 393 cm³/mol. The van der Waals surface area contributed by atoms with Crippen molar-refractivity contribution >= 4 is 88.0 Å². The Bertz CT molecular complexity index is 2700. The highest BCUT2D eigenvalue weighted by Crippen LogP contribution is 2.30. The lowest BCUT2D eigenvalue weighted by Gasteiger charge is -2.16. The molecular formula is C78H134N6O19. The molecule has 0 bridgehead atoms. The molecule has 4 aliphatic heterocycles. The van der Waals surface area contributed by atoms with Crippen molar-refractivity contribution in [1.29, 1.82) is 0 Å². The minimum atomic E-state index is -0.271. The van der Waals surface area contributed by atoms with Crippen molar-refractivity contribution in [2.24, 2.45) is 82.9 Å². The standard InChI is InChI=1S/C19H32N2O6.C16H27NO5.C16H27NO3.C14H27NO2.C13H21NO3/c1-13(2)15-11-18(24)21(19(15)25)7-5-17(23)20-6-8-26-9-10-27-12-16(22)14(3)4;1-11(2)13-9-15(19)17(16(13)20)5-6-21-7-8-22-10-14(18)12(3)4;1-11(2)13-10-15(19)17(16(13)20)9-7-5-6-8-14(18)12(3)4;1-11(2)10-14(17)15-9-7-5-6-8-13(16)12(3)4;1-8(2)10-7-12(16)14(13(10)17)6-5-11(15)9(3)4/h13-15H,5-12H2,1-4H3,(H,20,23);11-13H,5-10H2,1-4H3;11-13H,5-10H2,1-4H3;11-12H,5-10H2,1-4H3,(H,15,17);8-10H,5-7H2,1-4H3. The van der Waals surface area contributed by atoms with E-state index < -0.39 is 0 Å². The topological polar surface area (TPSA) is 330 Å². The molecule has 4 saturated heterocycles. The van der Waals surface area contributed by atoms with Crippen LogP contribution in [0.4, 0.5) is 0 Å². The highest BCUT2D eigenvalue weighted by atomic mass is 16.5. The monoisotopic (exact) mass is 1460 g/mol. The van der Waals surface area contributed by atoms with Gasteiger partial charge in [-0.3, -0.25) is 91.5 Å². The SMILES string of the molecule is CC(C)C(=O)CCCCCN1C(=O)CC(C(C)C)C1=O.CC(C)C(=O)CCN1C(=O)CC(C(C)C)C1=O.CC(C)C(=O)COCCOCCN1C(=O)CC(C(C)C)C1=O.CC(C)C(=O)COCCOCCNC(=O)CCN1C(=O)CC(C(C)C)C1=O.CC(C)CC(=O)NCCCCCC(=O)C(C)C. The Labute approximate surface area is 616 Å². The Balaban J connectivity index is 0.00000128. The number of nitrogens with zero attached hydrogens (tertiary/aromatic N) is 4. The van der Waals surface area contributed by atoms with Crippen molar-refractivity contribution in [2.75, 3.05) is 92.1 Å². The predicted octanol–water partition coefficient (Wildman–Crippen LogP) is 9.43. The van der Waals surface area contributed by atoms with Crippen LogP contribution >= 0.6 is 0 Å². The zero-order valence-electron chi connectivity index (χ0n) is 66.6. The molecule has 0 spiro atoms. The molecule has 4 rings (SSSR count). The summed E-state index contributed by atoms with van der Waals surface area (Å²) in [5.41, 5.74) is 0. The van der Waals surface area contributed by atoms with Gasteiger partial charge in [0.15, 0.2) is 11.6 Å². The van der Waals surface area contributed by atoms with E-state index in [9.17, 15) is 71.9 Å². The van der Waals surface area contributed by atoms with E-state index in [1.807, 2.05) is 138 Å². The van der Waals surface area contributed by atoms with Crippen molar-refractivity contribution < 1.29 is 90.9 Å². The van der Waals surface area contributed by atoms with E-state index in [0.717, 1.165) is 45.1 Å². The number of hydrogen-bond acceptors (Lipinski definition) is 19. The summed E-state index contributed by atoms with van der Waals surface area (Å²) in [7, 11) is 0. The molecule has 0 saturated carbocycles. The summed E-state index contributed by atoms with van der Waals surface area (Å²) in [5, 5.41) is 5.59. The number of carbonyl (C=O) groups is 15. The maximum atomic E-state index is 12.2. The van der Waals surface area contributed by atoms with Crippen molar-refractivity contribution in [3.63, 3.8) is 0 Å². The van der Waals surface area contributed by atoms with Crippen LogP contribution in [0.2, 0.25) is 0 Å². The Morgan fingerprint density at radius 2 is 0.631 bits per heavy atom. The Kier molecular flexibility index (Phi) is 49.4. The molecule has 0 aromatic rings. The summed E-state index contributed by atoms with van der Waals surface area (Å²) in [6.07, 6.45) is 8.91. The van der Waals surface area contributed by atoms with E-state index >= 15 is 0 Å². The Morgan fingerprint density at radius 1 is 0.320 bits per heavy atom. The zero-order valence-corrected chi connectivity index (χ0v) is 66.6. The number of carbonyl (C=O) groups excluding carboxylic acids is 15. The van der Waals surface area contributed by atoms with Crippen molar-refractivity contribution in [3.8, 4) is 0 Å². The lowest BCUT2D eigenvalue weighted by molar-refractivity contribution is -0.142. The maximum absolute atomic E-state index is 12.2. The van der Waals surface area contributed by atoms with Gasteiger partial charge in [-0.15, -0.1) is 0 Å². The molecule has 4 heterocycles. The quantitative estimate of drug-likeness (QED) is 0.0423. The Hall–Kier alpha value is -6.31. The molecule has 2 N–H and O–H groups in total. The molecular weight excluding hydrogens is 1320 g/mol. The second kappa shape index (κ2) is 52.6. The molecule has 4 aliphatic rings. The average molecular weight is 1460 g/mol. The van der Waals surface area contributed by atoms with E-state index in [0.29, 0.717) is 103 Å². The molecule has 4 fully saturated rings. The van der Waals surface area contributed by atoms with Crippen LogP contribution in [0.15, 0.2) is 0 Å². The van der Waals surface area contributed by atoms with Crippen LogP contribution < -0.4 is 10.6 Å². The van der Waals surface area contributed by atoms with Gasteiger partial charge in [-0.2, -0.15) is 0 Å². The minimum absolute atomic E-state index is 0.0109. The molecule has 4 atom stereocenters. The third-order valence-electron chi connectivity index (χ3n) is 18.3. The number of nitrogens with one attached hydrogen (secondary N) is 2. The maximum Gasteiger partial charge on any atom is 0.233 e.